The van der Waals surface area contributed by atoms with Gasteiger partial charge in [0, 0.05) is 31.1 Å². The quantitative estimate of drug-likeness (QED) is 0.845. The van der Waals surface area contributed by atoms with Gasteiger partial charge >= 0.3 is 0 Å². The summed E-state index contributed by atoms with van der Waals surface area (Å²) in [6.07, 6.45) is 10.4. The SMILES string of the molecule is O=C1CC2(CCCC2)CN1CC(=O)N1CCCC[C@H]1c1nccs1. The van der Waals surface area contributed by atoms with Gasteiger partial charge in [0.15, 0.2) is 0 Å². The predicted molar refractivity (Wildman–Crippen MR) is 92.5 cm³/mol. The zero-order chi connectivity index (χ0) is 16.6. The number of carbonyl (C=O) groups excluding carboxylic acids is 2. The van der Waals surface area contributed by atoms with Crippen molar-refractivity contribution in [2.45, 2.75) is 57.4 Å². The van der Waals surface area contributed by atoms with Gasteiger partial charge in [0.25, 0.3) is 0 Å². The van der Waals surface area contributed by atoms with Crippen LogP contribution in [0.25, 0.3) is 0 Å². The molecule has 0 aromatic carbocycles. The summed E-state index contributed by atoms with van der Waals surface area (Å²) in [4.78, 5) is 33.5. The van der Waals surface area contributed by atoms with E-state index in [0.717, 1.165) is 50.2 Å². The lowest BCUT2D eigenvalue weighted by atomic mass is 9.85. The Balaban J connectivity index is 1.44. The molecule has 3 aliphatic rings. The molecule has 3 heterocycles. The van der Waals surface area contributed by atoms with Crippen molar-refractivity contribution < 1.29 is 9.59 Å². The number of piperidine rings is 1. The van der Waals surface area contributed by atoms with Crippen molar-refractivity contribution in [2.75, 3.05) is 19.6 Å². The monoisotopic (exact) mass is 347 g/mol. The third-order valence-corrected chi connectivity index (χ3v) is 6.83. The molecular weight excluding hydrogens is 322 g/mol. The van der Waals surface area contributed by atoms with Crippen LogP contribution < -0.4 is 0 Å². The van der Waals surface area contributed by atoms with Crippen molar-refractivity contribution in [2.24, 2.45) is 5.41 Å². The van der Waals surface area contributed by atoms with Crippen LogP contribution in [0, 0.1) is 5.41 Å². The molecule has 0 N–H and O–H groups in total. The highest BCUT2D eigenvalue weighted by atomic mass is 32.1. The largest absolute Gasteiger partial charge is 0.333 e. The van der Waals surface area contributed by atoms with Crippen LogP contribution in [0.5, 0.6) is 0 Å². The smallest absolute Gasteiger partial charge is 0.242 e. The summed E-state index contributed by atoms with van der Waals surface area (Å²) in [5, 5.41) is 3.00. The predicted octanol–water partition coefficient (Wildman–Crippen LogP) is 2.99. The van der Waals surface area contributed by atoms with E-state index in [1.165, 1.54) is 12.8 Å². The minimum absolute atomic E-state index is 0.0956. The van der Waals surface area contributed by atoms with Crippen LogP contribution in [0.1, 0.15) is 62.4 Å². The van der Waals surface area contributed by atoms with Crippen molar-refractivity contribution in [1.29, 1.82) is 0 Å². The molecule has 1 aromatic rings. The van der Waals surface area contributed by atoms with Crippen molar-refractivity contribution in [3.63, 3.8) is 0 Å². The summed E-state index contributed by atoms with van der Waals surface area (Å²) < 4.78 is 0. The lowest BCUT2D eigenvalue weighted by Gasteiger charge is -2.35. The minimum Gasteiger partial charge on any atom is -0.333 e. The van der Waals surface area contributed by atoms with Gasteiger partial charge in [-0.2, -0.15) is 0 Å². The normalized spacial score (nSPS) is 26.5. The lowest BCUT2D eigenvalue weighted by molar-refractivity contribution is -0.141. The number of likely N-dealkylation sites (tertiary alicyclic amines) is 2. The van der Waals surface area contributed by atoms with Gasteiger partial charge in [-0.05, 0) is 37.5 Å². The Kier molecular flexibility index (Phi) is 4.33. The zero-order valence-electron chi connectivity index (χ0n) is 14.1. The first-order chi connectivity index (χ1) is 11.7. The first-order valence-corrected chi connectivity index (χ1v) is 10.0. The van der Waals surface area contributed by atoms with Gasteiger partial charge in [-0.15, -0.1) is 11.3 Å². The zero-order valence-corrected chi connectivity index (χ0v) is 14.9. The fourth-order valence-corrected chi connectivity index (χ4v) is 5.51. The average molecular weight is 347 g/mol. The Morgan fingerprint density at radius 1 is 1.29 bits per heavy atom. The maximum absolute atomic E-state index is 12.9. The van der Waals surface area contributed by atoms with Gasteiger partial charge in [0.05, 0.1) is 12.6 Å². The Bertz CT molecular complexity index is 610. The summed E-state index contributed by atoms with van der Waals surface area (Å²) in [6, 6.07) is 0.101. The molecule has 4 rings (SSSR count). The number of thiazole rings is 1. The molecule has 1 spiro atoms. The van der Waals surface area contributed by atoms with E-state index in [1.54, 1.807) is 11.3 Å². The number of nitrogens with zero attached hydrogens (tertiary/aromatic N) is 3. The van der Waals surface area contributed by atoms with E-state index in [-0.39, 0.29) is 29.8 Å². The second-order valence-electron chi connectivity index (χ2n) is 7.60. The maximum atomic E-state index is 12.9. The molecule has 1 atom stereocenters. The second-order valence-corrected chi connectivity index (χ2v) is 8.53. The molecule has 1 aromatic heterocycles. The van der Waals surface area contributed by atoms with E-state index in [1.807, 2.05) is 21.4 Å². The van der Waals surface area contributed by atoms with E-state index >= 15 is 0 Å². The molecule has 2 amide bonds. The topological polar surface area (TPSA) is 53.5 Å². The first kappa shape index (κ1) is 16.1. The van der Waals surface area contributed by atoms with E-state index < -0.39 is 0 Å². The number of hydrogen-bond donors (Lipinski definition) is 0. The van der Waals surface area contributed by atoms with Crippen LogP contribution in [0.3, 0.4) is 0 Å². The van der Waals surface area contributed by atoms with Gasteiger partial charge in [0.2, 0.25) is 11.8 Å². The number of hydrogen-bond acceptors (Lipinski definition) is 4. The maximum Gasteiger partial charge on any atom is 0.242 e. The van der Waals surface area contributed by atoms with Crippen molar-refractivity contribution in [1.82, 2.24) is 14.8 Å². The summed E-state index contributed by atoms with van der Waals surface area (Å²) in [6.45, 7) is 1.83. The third kappa shape index (κ3) is 2.96. The second kappa shape index (κ2) is 6.47. The van der Waals surface area contributed by atoms with Crippen LogP contribution in [0.4, 0.5) is 0 Å². The molecule has 1 saturated carbocycles. The van der Waals surface area contributed by atoms with E-state index in [0.29, 0.717) is 6.42 Å². The summed E-state index contributed by atoms with van der Waals surface area (Å²) in [5.74, 6) is 0.270. The third-order valence-electron chi connectivity index (χ3n) is 5.96. The first-order valence-electron chi connectivity index (χ1n) is 9.14. The number of rotatable bonds is 3. The van der Waals surface area contributed by atoms with Gasteiger partial charge in [0.1, 0.15) is 5.01 Å². The van der Waals surface area contributed by atoms with Gasteiger partial charge in [-0.3, -0.25) is 9.59 Å². The molecule has 24 heavy (non-hydrogen) atoms. The molecule has 0 radical (unpaired) electrons. The average Bonchev–Trinajstić information content (AvgIpc) is 3.31. The number of amides is 2. The molecule has 6 heteroatoms. The lowest BCUT2D eigenvalue weighted by Crippen LogP contribution is -2.45. The standard InChI is InChI=1S/C18H25N3O2S/c22-15-11-18(6-2-3-7-18)13-20(15)12-16(23)21-9-4-1-5-14(21)17-19-8-10-24-17/h8,10,14H,1-7,9,11-13H2/t14-/m0/s1. The van der Waals surface area contributed by atoms with Gasteiger partial charge in [-0.25, -0.2) is 4.98 Å². The summed E-state index contributed by atoms with van der Waals surface area (Å²) >= 11 is 1.62. The van der Waals surface area contributed by atoms with Crippen LogP contribution in [-0.4, -0.2) is 46.2 Å². The Hall–Kier alpha value is -1.43. The molecule has 3 fully saturated rings. The van der Waals surface area contributed by atoms with Gasteiger partial charge in [-0.1, -0.05) is 12.8 Å². The Labute approximate surface area is 147 Å². The highest BCUT2D eigenvalue weighted by Gasteiger charge is 2.45. The van der Waals surface area contributed by atoms with Crippen LogP contribution >= 0.6 is 11.3 Å². The molecule has 2 saturated heterocycles. The van der Waals surface area contributed by atoms with Crippen LogP contribution in [0.15, 0.2) is 11.6 Å². The minimum atomic E-state index is 0.0956. The Morgan fingerprint density at radius 3 is 2.88 bits per heavy atom. The molecule has 2 aliphatic heterocycles. The molecule has 1 aliphatic carbocycles. The molecule has 5 nitrogen and oxygen atoms in total. The molecule has 0 bridgehead atoms. The van der Waals surface area contributed by atoms with Crippen molar-refractivity contribution in [3.8, 4) is 0 Å². The number of aromatic nitrogens is 1. The van der Waals surface area contributed by atoms with E-state index in [9.17, 15) is 9.59 Å². The summed E-state index contributed by atoms with van der Waals surface area (Å²) in [5.41, 5.74) is 0.175. The molecule has 130 valence electrons. The molecular formula is C18H25N3O2S. The Morgan fingerprint density at radius 2 is 2.12 bits per heavy atom. The summed E-state index contributed by atoms with van der Waals surface area (Å²) in [7, 11) is 0. The van der Waals surface area contributed by atoms with E-state index in [2.05, 4.69) is 4.98 Å². The van der Waals surface area contributed by atoms with Gasteiger partial charge < -0.3 is 9.80 Å². The highest BCUT2D eigenvalue weighted by molar-refractivity contribution is 7.09. The molecule has 0 unspecified atom stereocenters. The fourth-order valence-electron chi connectivity index (χ4n) is 4.73. The highest BCUT2D eigenvalue weighted by Crippen LogP contribution is 2.45. The van der Waals surface area contributed by atoms with Crippen LogP contribution in [-0.2, 0) is 9.59 Å². The van der Waals surface area contributed by atoms with Crippen LogP contribution in [0.2, 0.25) is 0 Å². The van der Waals surface area contributed by atoms with Crippen molar-refractivity contribution >= 4 is 23.2 Å². The fraction of sp³-hybridized carbons (Fsp3) is 0.722. The van der Waals surface area contributed by atoms with Crippen molar-refractivity contribution in [3.05, 3.63) is 16.6 Å². The van der Waals surface area contributed by atoms with E-state index in [4.69, 9.17) is 0 Å². The number of carbonyl (C=O) groups is 2.